The van der Waals surface area contributed by atoms with E-state index in [2.05, 4.69) is 41.6 Å². The van der Waals surface area contributed by atoms with E-state index in [9.17, 15) is 0 Å². The number of nitrogens with zero attached hydrogens (tertiary/aromatic N) is 1. The summed E-state index contributed by atoms with van der Waals surface area (Å²) in [6.45, 7) is 1.20. The molecule has 0 N–H and O–H groups in total. The zero-order valence-electron chi connectivity index (χ0n) is 4.65. The number of rotatable bonds is 2. The van der Waals surface area contributed by atoms with Crippen LogP contribution in [0.5, 0.6) is 0 Å². The van der Waals surface area contributed by atoms with Gasteiger partial charge in [0.15, 0.2) is 0 Å². The largest absolute Gasteiger partial charge is 0.309 e. The molecule has 7 heavy (non-hydrogen) atoms. The number of alkyl halides is 1. The second kappa shape index (κ2) is 7.42. The summed E-state index contributed by atoms with van der Waals surface area (Å²) in [5, 5.41) is 0. The summed E-state index contributed by atoms with van der Waals surface area (Å²) in [6.07, 6.45) is 0. The van der Waals surface area contributed by atoms with Gasteiger partial charge in [0.05, 0.1) is 0 Å². The topological polar surface area (TPSA) is 3.24 Å². The van der Waals surface area contributed by atoms with Crippen molar-refractivity contribution >= 4 is 46.6 Å². The molecular formula is C4H11I2N. The highest BCUT2D eigenvalue weighted by Gasteiger charge is 1.80. The molecule has 0 spiro atoms. The lowest BCUT2D eigenvalue weighted by Gasteiger charge is -2.03. The van der Waals surface area contributed by atoms with Gasteiger partial charge in [0, 0.05) is 11.0 Å². The molecule has 0 aliphatic heterocycles. The highest BCUT2D eigenvalue weighted by Crippen LogP contribution is 1.80. The van der Waals surface area contributed by atoms with Crippen molar-refractivity contribution in [3.05, 3.63) is 0 Å². The van der Waals surface area contributed by atoms with E-state index in [0.29, 0.717) is 0 Å². The zero-order valence-corrected chi connectivity index (χ0v) is 9.14. The quantitative estimate of drug-likeness (QED) is 0.550. The molecular weight excluding hydrogens is 316 g/mol. The molecule has 0 amide bonds. The van der Waals surface area contributed by atoms with E-state index in [0.717, 1.165) is 0 Å². The van der Waals surface area contributed by atoms with E-state index in [-0.39, 0.29) is 24.0 Å². The maximum absolute atomic E-state index is 2.36. The standard InChI is InChI=1S/C4H10IN.HI/c1-6(2)4-3-5;/h3-4H2,1-2H3;1H. The molecule has 0 saturated heterocycles. The van der Waals surface area contributed by atoms with Crippen molar-refractivity contribution in [1.82, 2.24) is 4.90 Å². The normalized spacial score (nSPS) is 8.57. The fourth-order valence-corrected chi connectivity index (χ4v) is 1.13. The average molecular weight is 327 g/mol. The predicted octanol–water partition coefficient (Wildman–Crippen LogP) is 1.60. The summed E-state index contributed by atoms with van der Waals surface area (Å²) in [5.41, 5.74) is 0. The fourth-order valence-electron chi connectivity index (χ4n) is 0.169. The maximum atomic E-state index is 2.36. The Morgan fingerprint density at radius 3 is 1.86 bits per heavy atom. The van der Waals surface area contributed by atoms with Crippen LogP contribution in [0.4, 0.5) is 0 Å². The molecule has 0 fully saturated rings. The number of hydrogen-bond acceptors (Lipinski definition) is 1. The van der Waals surface area contributed by atoms with E-state index in [1.807, 2.05) is 0 Å². The summed E-state index contributed by atoms with van der Waals surface area (Å²) in [4.78, 5) is 2.17. The van der Waals surface area contributed by atoms with Gasteiger partial charge < -0.3 is 4.90 Å². The van der Waals surface area contributed by atoms with Crippen molar-refractivity contribution in [2.24, 2.45) is 0 Å². The van der Waals surface area contributed by atoms with Crippen LogP contribution in [0, 0.1) is 0 Å². The first-order valence-corrected chi connectivity index (χ1v) is 3.50. The Morgan fingerprint density at radius 2 is 1.86 bits per heavy atom. The molecule has 1 nitrogen and oxygen atoms in total. The molecule has 0 bridgehead atoms. The van der Waals surface area contributed by atoms with Crippen LogP contribution in [-0.4, -0.2) is 30.0 Å². The fraction of sp³-hybridized carbons (Fsp3) is 1.00. The van der Waals surface area contributed by atoms with Crippen LogP contribution >= 0.6 is 46.6 Å². The highest BCUT2D eigenvalue weighted by atomic mass is 127. The van der Waals surface area contributed by atoms with Crippen molar-refractivity contribution in [3.63, 3.8) is 0 Å². The van der Waals surface area contributed by atoms with Crippen LogP contribution in [0.1, 0.15) is 0 Å². The summed E-state index contributed by atoms with van der Waals surface area (Å²) < 4.78 is 1.23. The highest BCUT2D eigenvalue weighted by molar-refractivity contribution is 14.1. The Kier molecular flexibility index (Phi) is 11.9. The van der Waals surface area contributed by atoms with Gasteiger partial charge >= 0.3 is 0 Å². The molecule has 3 heteroatoms. The minimum Gasteiger partial charge on any atom is -0.309 e. The SMILES string of the molecule is CN(C)CCI.I. The summed E-state index contributed by atoms with van der Waals surface area (Å²) in [5.74, 6) is 0. The van der Waals surface area contributed by atoms with E-state index in [1.165, 1.54) is 11.0 Å². The molecule has 0 aliphatic carbocycles. The van der Waals surface area contributed by atoms with Crippen LogP contribution < -0.4 is 0 Å². The first-order valence-electron chi connectivity index (χ1n) is 1.98. The van der Waals surface area contributed by atoms with Crippen LogP contribution in [0.15, 0.2) is 0 Å². The Balaban J connectivity index is 0. The second-order valence-electron chi connectivity index (χ2n) is 1.49. The Hall–Kier alpha value is 1.42. The lowest BCUT2D eigenvalue weighted by Crippen LogP contribution is -2.13. The van der Waals surface area contributed by atoms with Gasteiger partial charge in [-0.05, 0) is 14.1 Å². The molecule has 0 unspecified atom stereocenters. The molecule has 0 rings (SSSR count). The van der Waals surface area contributed by atoms with Crippen LogP contribution in [-0.2, 0) is 0 Å². The van der Waals surface area contributed by atoms with E-state index in [1.54, 1.807) is 0 Å². The van der Waals surface area contributed by atoms with E-state index >= 15 is 0 Å². The van der Waals surface area contributed by atoms with Gasteiger partial charge in [0.2, 0.25) is 0 Å². The Labute approximate surface area is 76.0 Å². The van der Waals surface area contributed by atoms with Gasteiger partial charge in [-0.15, -0.1) is 24.0 Å². The van der Waals surface area contributed by atoms with Crippen LogP contribution in [0.25, 0.3) is 0 Å². The van der Waals surface area contributed by atoms with Crippen molar-refractivity contribution < 1.29 is 0 Å². The molecule has 0 aliphatic rings. The van der Waals surface area contributed by atoms with Gasteiger partial charge in [-0.1, -0.05) is 22.6 Å². The lowest BCUT2D eigenvalue weighted by atomic mass is 10.7. The van der Waals surface area contributed by atoms with Crippen molar-refractivity contribution in [2.75, 3.05) is 25.1 Å². The van der Waals surface area contributed by atoms with Gasteiger partial charge in [-0.2, -0.15) is 0 Å². The Bertz CT molecular complexity index is 30.9. The van der Waals surface area contributed by atoms with Gasteiger partial charge in [-0.25, -0.2) is 0 Å². The Morgan fingerprint density at radius 1 is 1.43 bits per heavy atom. The minimum atomic E-state index is 0. The van der Waals surface area contributed by atoms with Crippen molar-refractivity contribution in [3.8, 4) is 0 Å². The monoisotopic (exact) mass is 327 g/mol. The first-order chi connectivity index (χ1) is 2.77. The lowest BCUT2D eigenvalue weighted by molar-refractivity contribution is 0.440. The van der Waals surface area contributed by atoms with Gasteiger partial charge in [0.1, 0.15) is 0 Å². The van der Waals surface area contributed by atoms with Crippen molar-refractivity contribution in [2.45, 2.75) is 0 Å². The molecule has 0 heterocycles. The first kappa shape index (κ1) is 11.2. The third-order valence-corrected chi connectivity index (χ3v) is 1.01. The second-order valence-corrected chi connectivity index (χ2v) is 2.57. The predicted molar refractivity (Wildman–Crippen MR) is 52.9 cm³/mol. The third kappa shape index (κ3) is 11.2. The molecule has 0 aromatic carbocycles. The van der Waals surface area contributed by atoms with Crippen LogP contribution in [0.2, 0.25) is 0 Å². The minimum absolute atomic E-state index is 0. The smallest absolute Gasteiger partial charge is 0.0123 e. The molecule has 46 valence electrons. The average Bonchev–Trinajstić information content (AvgIpc) is 1.35. The zero-order chi connectivity index (χ0) is 4.99. The number of hydrogen-bond donors (Lipinski definition) is 0. The van der Waals surface area contributed by atoms with E-state index in [4.69, 9.17) is 0 Å². The summed E-state index contributed by atoms with van der Waals surface area (Å²) in [7, 11) is 4.16. The third-order valence-electron chi connectivity index (χ3n) is 0.532. The molecule has 0 radical (unpaired) electrons. The maximum Gasteiger partial charge on any atom is 0.0123 e. The number of halogens is 2. The molecule has 0 aromatic rings. The molecule has 0 aromatic heterocycles. The van der Waals surface area contributed by atoms with Crippen molar-refractivity contribution in [1.29, 1.82) is 0 Å². The van der Waals surface area contributed by atoms with E-state index < -0.39 is 0 Å². The molecule has 0 saturated carbocycles. The molecule has 0 atom stereocenters. The van der Waals surface area contributed by atoms with Gasteiger partial charge in [0.25, 0.3) is 0 Å². The summed E-state index contributed by atoms with van der Waals surface area (Å²) >= 11 is 2.36. The van der Waals surface area contributed by atoms with Gasteiger partial charge in [-0.3, -0.25) is 0 Å². The van der Waals surface area contributed by atoms with Crippen LogP contribution in [0.3, 0.4) is 0 Å². The summed E-state index contributed by atoms with van der Waals surface area (Å²) in [6, 6.07) is 0.